The highest BCUT2D eigenvalue weighted by Gasteiger charge is 2.28. The van der Waals surface area contributed by atoms with Crippen LogP contribution in [-0.2, 0) is 0 Å². The maximum Gasteiger partial charge on any atom is 0.405 e. The zero-order valence-electron chi connectivity index (χ0n) is 14.8. The van der Waals surface area contributed by atoms with E-state index in [0.29, 0.717) is 22.2 Å². The Morgan fingerprint density at radius 1 is 0.964 bits per heavy atom. The van der Waals surface area contributed by atoms with E-state index in [-0.39, 0.29) is 11.3 Å². The summed E-state index contributed by atoms with van der Waals surface area (Å²) in [4.78, 5) is 29.3. The first kappa shape index (κ1) is 19.3. The lowest BCUT2D eigenvalue weighted by Gasteiger charge is -2.13. The van der Waals surface area contributed by atoms with E-state index in [4.69, 9.17) is 0 Å². The average Bonchev–Trinajstić information content (AvgIpc) is 2.65. The number of pyridine rings is 1. The first-order valence-electron chi connectivity index (χ1n) is 8.36. The van der Waals surface area contributed by atoms with E-state index >= 15 is 0 Å². The number of anilines is 1. The topological polar surface area (TPSA) is 71.1 Å². The summed E-state index contributed by atoms with van der Waals surface area (Å²) in [5, 5.41) is 5.05. The standard InChI is InChI=1S/C20H16F3N3O2/c1-12-10-15(13-6-2-4-8-16(13)25-12)19(28)26-17-9-5-3-7-14(17)18(27)24-11-20(21,22)23/h2-10H,11H2,1H3,(H,24,27)(H,26,28). The molecule has 1 aromatic heterocycles. The number of aryl methyl sites for hydroxylation is 1. The van der Waals surface area contributed by atoms with Gasteiger partial charge in [0.1, 0.15) is 6.54 Å². The maximum atomic E-state index is 12.8. The van der Waals surface area contributed by atoms with Gasteiger partial charge in [-0.15, -0.1) is 0 Å². The molecule has 0 spiro atoms. The van der Waals surface area contributed by atoms with E-state index in [1.54, 1.807) is 48.6 Å². The molecule has 0 atom stereocenters. The van der Waals surface area contributed by atoms with Crippen LogP contribution >= 0.6 is 0 Å². The van der Waals surface area contributed by atoms with Crippen molar-refractivity contribution in [2.75, 3.05) is 11.9 Å². The van der Waals surface area contributed by atoms with E-state index in [0.717, 1.165) is 0 Å². The summed E-state index contributed by atoms with van der Waals surface area (Å²) in [6, 6.07) is 14.6. The van der Waals surface area contributed by atoms with Gasteiger partial charge in [-0.25, -0.2) is 0 Å². The molecule has 0 saturated heterocycles. The number of carbonyl (C=O) groups excluding carboxylic acids is 2. The molecule has 28 heavy (non-hydrogen) atoms. The summed E-state index contributed by atoms with van der Waals surface area (Å²) in [7, 11) is 0. The molecule has 3 aromatic rings. The Morgan fingerprint density at radius 3 is 2.39 bits per heavy atom. The first-order chi connectivity index (χ1) is 13.2. The summed E-state index contributed by atoms with van der Waals surface area (Å²) in [5.74, 6) is -1.42. The van der Waals surface area contributed by atoms with E-state index in [9.17, 15) is 22.8 Å². The molecule has 0 radical (unpaired) electrons. The predicted molar refractivity (Wildman–Crippen MR) is 99.3 cm³/mol. The van der Waals surface area contributed by atoms with Crippen LogP contribution < -0.4 is 10.6 Å². The van der Waals surface area contributed by atoms with Crippen molar-refractivity contribution < 1.29 is 22.8 Å². The minimum Gasteiger partial charge on any atom is -0.343 e. The molecule has 0 aliphatic rings. The van der Waals surface area contributed by atoms with Gasteiger partial charge in [0.05, 0.1) is 22.3 Å². The van der Waals surface area contributed by atoms with Crippen molar-refractivity contribution in [3.63, 3.8) is 0 Å². The van der Waals surface area contributed by atoms with Gasteiger partial charge in [-0.2, -0.15) is 13.2 Å². The Morgan fingerprint density at radius 2 is 1.64 bits per heavy atom. The number of fused-ring (bicyclic) bond motifs is 1. The lowest BCUT2D eigenvalue weighted by atomic mass is 10.1. The molecule has 144 valence electrons. The fourth-order valence-corrected chi connectivity index (χ4v) is 2.75. The van der Waals surface area contributed by atoms with Gasteiger partial charge < -0.3 is 10.6 Å². The molecule has 0 fully saturated rings. The number of hydrogen-bond acceptors (Lipinski definition) is 3. The fraction of sp³-hybridized carbons (Fsp3) is 0.150. The molecule has 0 unspecified atom stereocenters. The third kappa shape index (κ3) is 4.46. The van der Waals surface area contributed by atoms with E-state index in [1.807, 2.05) is 0 Å². The number of alkyl halides is 3. The van der Waals surface area contributed by atoms with Gasteiger partial charge >= 0.3 is 6.18 Å². The molecule has 1 heterocycles. The van der Waals surface area contributed by atoms with Crippen LogP contribution in [0.1, 0.15) is 26.4 Å². The van der Waals surface area contributed by atoms with Gasteiger partial charge in [-0.1, -0.05) is 30.3 Å². The number of aromatic nitrogens is 1. The van der Waals surface area contributed by atoms with E-state index in [2.05, 4.69) is 10.3 Å². The molecule has 5 nitrogen and oxygen atoms in total. The third-order valence-corrected chi connectivity index (χ3v) is 3.96. The Labute approximate surface area is 158 Å². The summed E-state index contributed by atoms with van der Waals surface area (Å²) < 4.78 is 37.1. The van der Waals surface area contributed by atoms with Gasteiger partial charge in [0.15, 0.2) is 0 Å². The smallest absolute Gasteiger partial charge is 0.343 e. The summed E-state index contributed by atoms with van der Waals surface area (Å²) in [6.45, 7) is 0.296. The highest BCUT2D eigenvalue weighted by atomic mass is 19.4. The second-order valence-corrected chi connectivity index (χ2v) is 6.13. The Balaban J connectivity index is 1.89. The van der Waals surface area contributed by atoms with Crippen LogP contribution in [0.2, 0.25) is 0 Å². The minimum atomic E-state index is -4.53. The van der Waals surface area contributed by atoms with Crippen LogP contribution in [0.3, 0.4) is 0 Å². The molecule has 0 aliphatic heterocycles. The highest BCUT2D eigenvalue weighted by molar-refractivity contribution is 6.14. The molecule has 0 saturated carbocycles. The van der Waals surface area contributed by atoms with Crippen molar-refractivity contribution >= 4 is 28.4 Å². The highest BCUT2D eigenvalue weighted by Crippen LogP contribution is 2.22. The van der Waals surface area contributed by atoms with Crippen LogP contribution in [0.15, 0.2) is 54.6 Å². The predicted octanol–water partition coefficient (Wildman–Crippen LogP) is 4.09. The number of benzene rings is 2. The number of rotatable bonds is 4. The summed E-state index contributed by atoms with van der Waals surface area (Å²) in [6.07, 6.45) is -4.53. The Kier molecular flexibility index (Phi) is 5.30. The maximum absolute atomic E-state index is 12.8. The second kappa shape index (κ2) is 7.67. The number of amides is 2. The first-order valence-corrected chi connectivity index (χ1v) is 8.36. The molecule has 8 heteroatoms. The average molecular weight is 387 g/mol. The van der Waals surface area contributed by atoms with Gasteiger partial charge in [0, 0.05) is 11.1 Å². The minimum absolute atomic E-state index is 0.0600. The van der Waals surface area contributed by atoms with Gasteiger partial charge in [-0.05, 0) is 31.2 Å². The lowest BCUT2D eigenvalue weighted by molar-refractivity contribution is -0.123. The van der Waals surface area contributed by atoms with Gasteiger partial charge in [0.25, 0.3) is 11.8 Å². The SMILES string of the molecule is Cc1cc(C(=O)Nc2ccccc2C(=O)NCC(F)(F)F)c2ccccc2n1. The van der Waals surface area contributed by atoms with Crippen molar-refractivity contribution in [2.45, 2.75) is 13.1 Å². The van der Waals surface area contributed by atoms with Gasteiger partial charge in [0.2, 0.25) is 0 Å². The van der Waals surface area contributed by atoms with Crippen molar-refractivity contribution in [3.05, 3.63) is 71.4 Å². The van der Waals surface area contributed by atoms with Crippen LogP contribution in [0.5, 0.6) is 0 Å². The molecule has 0 bridgehead atoms. The second-order valence-electron chi connectivity index (χ2n) is 6.13. The van der Waals surface area contributed by atoms with E-state index in [1.165, 1.54) is 18.2 Å². The number of para-hydroxylation sites is 2. The number of hydrogen-bond donors (Lipinski definition) is 2. The number of halogens is 3. The fourth-order valence-electron chi connectivity index (χ4n) is 2.75. The van der Waals surface area contributed by atoms with E-state index < -0.39 is 24.5 Å². The summed E-state index contributed by atoms with van der Waals surface area (Å²) >= 11 is 0. The van der Waals surface area contributed by atoms with Crippen molar-refractivity contribution in [2.24, 2.45) is 0 Å². The monoisotopic (exact) mass is 387 g/mol. The van der Waals surface area contributed by atoms with Crippen LogP contribution in [-0.4, -0.2) is 29.5 Å². The summed E-state index contributed by atoms with van der Waals surface area (Å²) in [5.41, 5.74) is 1.69. The Hall–Kier alpha value is -3.42. The zero-order valence-corrected chi connectivity index (χ0v) is 14.8. The largest absolute Gasteiger partial charge is 0.405 e. The zero-order chi connectivity index (χ0) is 20.3. The Bertz CT molecular complexity index is 1050. The molecule has 2 aromatic carbocycles. The molecule has 0 aliphatic carbocycles. The molecular weight excluding hydrogens is 371 g/mol. The molecular formula is C20H16F3N3O2. The quantitative estimate of drug-likeness (QED) is 0.708. The number of carbonyl (C=O) groups is 2. The molecule has 2 N–H and O–H groups in total. The van der Waals surface area contributed by atoms with Crippen LogP contribution in [0, 0.1) is 6.92 Å². The molecule has 2 amide bonds. The van der Waals surface area contributed by atoms with Crippen molar-refractivity contribution in [1.82, 2.24) is 10.3 Å². The van der Waals surface area contributed by atoms with Crippen LogP contribution in [0.4, 0.5) is 18.9 Å². The number of nitrogens with zero attached hydrogens (tertiary/aromatic N) is 1. The van der Waals surface area contributed by atoms with Gasteiger partial charge in [-0.3, -0.25) is 14.6 Å². The number of nitrogens with one attached hydrogen (secondary N) is 2. The normalized spacial score (nSPS) is 11.3. The molecule has 3 rings (SSSR count). The van der Waals surface area contributed by atoms with Crippen LogP contribution in [0.25, 0.3) is 10.9 Å². The third-order valence-electron chi connectivity index (χ3n) is 3.96. The van der Waals surface area contributed by atoms with Crippen molar-refractivity contribution in [1.29, 1.82) is 0 Å². The lowest BCUT2D eigenvalue weighted by Crippen LogP contribution is -2.34. The van der Waals surface area contributed by atoms with Crippen molar-refractivity contribution in [3.8, 4) is 0 Å².